The molecule has 0 saturated carbocycles. The smallest absolute Gasteiger partial charge is 0.344 e. The van der Waals surface area contributed by atoms with Crippen LogP contribution in [0.15, 0.2) is 130 Å². The van der Waals surface area contributed by atoms with E-state index in [2.05, 4.69) is 31.9 Å². The molecule has 6 aromatic carbocycles. The third-order valence-corrected chi connectivity index (χ3v) is 8.09. The van der Waals surface area contributed by atoms with Crippen LogP contribution in [0, 0.1) is 0 Å². The van der Waals surface area contributed by atoms with Crippen molar-refractivity contribution >= 4 is 65.3 Å². The summed E-state index contributed by atoms with van der Waals surface area (Å²) in [5, 5.41) is 3.91. The van der Waals surface area contributed by atoms with Crippen molar-refractivity contribution in [3.8, 4) is 11.5 Å². The Kier molecular flexibility index (Phi) is 7.68. The van der Waals surface area contributed by atoms with E-state index < -0.39 is 11.9 Å². The molecular weight excluding hydrogens is 644 g/mol. The highest BCUT2D eigenvalue weighted by Crippen LogP contribution is 2.37. The molecule has 0 aliphatic carbocycles. The van der Waals surface area contributed by atoms with Gasteiger partial charge in [0.05, 0.1) is 11.1 Å². The lowest BCUT2D eigenvalue weighted by atomic mass is 9.93. The van der Waals surface area contributed by atoms with Crippen molar-refractivity contribution in [2.24, 2.45) is 0 Å². The van der Waals surface area contributed by atoms with Gasteiger partial charge in [-0.15, -0.1) is 0 Å². The second-order valence-electron chi connectivity index (χ2n) is 9.47. The zero-order valence-electron chi connectivity index (χ0n) is 21.6. The number of fused-ring (bicyclic) bond motifs is 2. The van der Waals surface area contributed by atoms with Gasteiger partial charge in [-0.05, 0) is 79.9 Å². The number of carbonyl (C=O) groups excluding carboxylic acids is 2. The number of halogens is 2. The van der Waals surface area contributed by atoms with Crippen LogP contribution >= 0.6 is 31.9 Å². The van der Waals surface area contributed by atoms with Gasteiger partial charge >= 0.3 is 11.9 Å². The number of ether oxygens (including phenoxy) is 2. The maximum Gasteiger partial charge on any atom is 0.344 e. The largest absolute Gasteiger partial charge is 0.423 e. The summed E-state index contributed by atoms with van der Waals surface area (Å²) < 4.78 is 13.5. The zero-order chi connectivity index (χ0) is 28.3. The van der Waals surface area contributed by atoms with Crippen LogP contribution in [0.2, 0.25) is 0 Å². The van der Waals surface area contributed by atoms with E-state index in [1.165, 1.54) is 0 Å². The fraction of sp³-hybridized carbons (Fsp3) is 0.0286. The van der Waals surface area contributed by atoms with Gasteiger partial charge in [-0.25, -0.2) is 9.59 Å². The second kappa shape index (κ2) is 11.7. The molecule has 6 rings (SSSR count). The van der Waals surface area contributed by atoms with Gasteiger partial charge in [-0.1, -0.05) is 94.8 Å². The molecule has 41 heavy (non-hydrogen) atoms. The molecule has 0 aromatic heterocycles. The van der Waals surface area contributed by atoms with Crippen molar-refractivity contribution in [1.82, 2.24) is 0 Å². The minimum atomic E-state index is -0.465. The maximum absolute atomic E-state index is 13.3. The van der Waals surface area contributed by atoms with Gasteiger partial charge in [0.1, 0.15) is 11.5 Å². The summed E-state index contributed by atoms with van der Waals surface area (Å²) in [5.41, 5.74) is 2.51. The second-order valence-corrected chi connectivity index (χ2v) is 11.2. The van der Waals surface area contributed by atoms with Crippen LogP contribution in [0.3, 0.4) is 0 Å². The van der Waals surface area contributed by atoms with E-state index in [1.54, 1.807) is 36.4 Å². The zero-order valence-corrected chi connectivity index (χ0v) is 24.8. The fourth-order valence-electron chi connectivity index (χ4n) is 4.92. The van der Waals surface area contributed by atoms with Crippen LogP contribution < -0.4 is 9.47 Å². The maximum atomic E-state index is 13.3. The average Bonchev–Trinajstić information content (AvgIpc) is 2.99. The number of carbonyl (C=O) groups is 2. The standard InChI is InChI=1S/C35H22Br2O4/c36-25-11-7-10-24(20-25)34(38)40-32-18-16-22-8-1-3-12-26(22)29(32)21-30-27-13-4-2-9-23(27)17-19-33(30)41-35(39)28-14-5-6-15-31(28)37/h1-20H,21H2. The lowest BCUT2D eigenvalue weighted by Gasteiger charge is -2.17. The van der Waals surface area contributed by atoms with Gasteiger partial charge in [-0.2, -0.15) is 0 Å². The van der Waals surface area contributed by atoms with Crippen molar-refractivity contribution in [2.45, 2.75) is 6.42 Å². The lowest BCUT2D eigenvalue weighted by Crippen LogP contribution is -2.12. The van der Waals surface area contributed by atoms with Crippen molar-refractivity contribution < 1.29 is 19.1 Å². The summed E-state index contributed by atoms with van der Waals surface area (Å²) in [6.45, 7) is 0. The van der Waals surface area contributed by atoms with Gasteiger partial charge in [-0.3, -0.25) is 0 Å². The Bertz CT molecular complexity index is 1950. The Hall–Kier alpha value is -4.26. The van der Waals surface area contributed by atoms with Crippen molar-refractivity contribution in [2.75, 3.05) is 0 Å². The van der Waals surface area contributed by atoms with Crippen molar-refractivity contribution in [3.63, 3.8) is 0 Å². The molecular formula is C35H22Br2O4. The van der Waals surface area contributed by atoms with Gasteiger partial charge < -0.3 is 9.47 Å². The van der Waals surface area contributed by atoms with E-state index in [-0.39, 0.29) is 0 Å². The first-order valence-corrected chi connectivity index (χ1v) is 14.5. The van der Waals surface area contributed by atoms with Crippen LogP contribution in [0.5, 0.6) is 11.5 Å². The van der Waals surface area contributed by atoms with Crippen LogP contribution in [-0.4, -0.2) is 11.9 Å². The quantitative estimate of drug-likeness (QED) is 0.131. The van der Waals surface area contributed by atoms with Gasteiger partial charge in [0.15, 0.2) is 0 Å². The van der Waals surface area contributed by atoms with Gasteiger partial charge in [0.2, 0.25) is 0 Å². The van der Waals surface area contributed by atoms with E-state index in [9.17, 15) is 9.59 Å². The third-order valence-electron chi connectivity index (χ3n) is 6.91. The summed E-state index contributed by atoms with van der Waals surface area (Å²) in [6.07, 6.45) is 0.363. The summed E-state index contributed by atoms with van der Waals surface area (Å²) in [6, 6.07) is 37.7. The molecule has 6 aromatic rings. The van der Waals surface area contributed by atoms with E-state index in [0.717, 1.165) is 37.1 Å². The molecule has 0 unspecified atom stereocenters. The molecule has 0 fully saturated rings. The number of hydrogen-bond donors (Lipinski definition) is 0. The van der Waals surface area contributed by atoms with Crippen molar-refractivity contribution in [1.29, 1.82) is 0 Å². The number of esters is 2. The Morgan fingerprint density at radius 2 is 1.12 bits per heavy atom. The molecule has 0 N–H and O–H groups in total. The van der Waals surface area contributed by atoms with Crippen LogP contribution in [0.25, 0.3) is 21.5 Å². The minimum Gasteiger partial charge on any atom is -0.423 e. The molecule has 0 bridgehead atoms. The van der Waals surface area contributed by atoms with Crippen molar-refractivity contribution in [3.05, 3.63) is 153 Å². The topological polar surface area (TPSA) is 52.6 Å². The molecule has 200 valence electrons. The fourth-order valence-corrected chi connectivity index (χ4v) is 5.77. The van der Waals surface area contributed by atoms with Crippen LogP contribution in [0.1, 0.15) is 31.8 Å². The summed E-state index contributed by atoms with van der Waals surface area (Å²) >= 11 is 6.88. The molecule has 0 atom stereocenters. The molecule has 0 aliphatic heterocycles. The molecule has 4 nitrogen and oxygen atoms in total. The predicted octanol–water partition coefficient (Wildman–Crippen LogP) is 9.55. The highest BCUT2D eigenvalue weighted by molar-refractivity contribution is 9.10. The lowest BCUT2D eigenvalue weighted by molar-refractivity contribution is 0.0725. The van der Waals surface area contributed by atoms with Crippen LogP contribution in [0.4, 0.5) is 0 Å². The number of rotatable bonds is 6. The molecule has 0 aliphatic rings. The SMILES string of the molecule is O=C(Oc1ccc2ccccc2c1Cc1c(OC(=O)c2ccccc2Br)ccc2ccccc12)c1cccc(Br)c1. The predicted molar refractivity (Wildman–Crippen MR) is 169 cm³/mol. The Labute approximate surface area is 253 Å². The van der Waals surface area contributed by atoms with Gasteiger partial charge in [0, 0.05) is 26.5 Å². The summed E-state index contributed by atoms with van der Waals surface area (Å²) in [5.74, 6) is -0.0269. The number of benzene rings is 6. The van der Waals surface area contributed by atoms with E-state index >= 15 is 0 Å². The molecule has 6 heteroatoms. The molecule has 0 amide bonds. The molecule has 0 radical (unpaired) electrons. The minimum absolute atomic E-state index is 0.363. The molecule has 0 heterocycles. The Morgan fingerprint density at radius 1 is 0.561 bits per heavy atom. The molecule has 0 spiro atoms. The Morgan fingerprint density at radius 3 is 1.73 bits per heavy atom. The van der Waals surface area contributed by atoms with E-state index in [0.29, 0.717) is 33.5 Å². The summed E-state index contributed by atoms with van der Waals surface area (Å²) in [4.78, 5) is 26.5. The highest BCUT2D eigenvalue weighted by Gasteiger charge is 2.20. The highest BCUT2D eigenvalue weighted by atomic mass is 79.9. The van der Waals surface area contributed by atoms with Gasteiger partial charge in [0.25, 0.3) is 0 Å². The number of hydrogen-bond acceptors (Lipinski definition) is 4. The first kappa shape index (κ1) is 26.9. The first-order valence-electron chi connectivity index (χ1n) is 12.9. The summed E-state index contributed by atoms with van der Waals surface area (Å²) in [7, 11) is 0. The third kappa shape index (κ3) is 5.67. The molecule has 0 saturated heterocycles. The van der Waals surface area contributed by atoms with E-state index in [4.69, 9.17) is 9.47 Å². The first-order chi connectivity index (χ1) is 20.0. The Balaban J connectivity index is 1.47. The normalized spacial score (nSPS) is 11.0. The average molecular weight is 666 g/mol. The monoisotopic (exact) mass is 664 g/mol. The van der Waals surface area contributed by atoms with E-state index in [1.807, 2.05) is 84.9 Å². The van der Waals surface area contributed by atoms with Crippen LogP contribution in [-0.2, 0) is 6.42 Å².